The number of nitrogens with zero attached hydrogens (tertiary/aromatic N) is 3. The molecule has 8 heteroatoms. The van der Waals surface area contributed by atoms with E-state index in [9.17, 15) is 18.5 Å². The lowest BCUT2D eigenvalue weighted by atomic mass is 10.1. The van der Waals surface area contributed by atoms with Gasteiger partial charge in [0, 0.05) is 45.0 Å². The monoisotopic (exact) mass is 389 g/mol. The number of hydrogen-bond acceptors (Lipinski definition) is 6. The van der Waals surface area contributed by atoms with Crippen LogP contribution in [0.5, 0.6) is 0 Å². The molecule has 2 aromatic rings. The molecule has 0 N–H and O–H groups in total. The molecule has 0 bridgehead atoms. The van der Waals surface area contributed by atoms with Crippen LogP contribution in [0.2, 0.25) is 0 Å². The van der Waals surface area contributed by atoms with Crippen LogP contribution in [0.4, 0.5) is 11.4 Å². The molecule has 0 saturated carbocycles. The summed E-state index contributed by atoms with van der Waals surface area (Å²) >= 11 is 0. The summed E-state index contributed by atoms with van der Waals surface area (Å²) in [6.45, 7) is 5.82. The van der Waals surface area contributed by atoms with Crippen molar-refractivity contribution in [2.24, 2.45) is 0 Å². The Labute approximate surface area is 159 Å². The summed E-state index contributed by atoms with van der Waals surface area (Å²) in [5.41, 5.74) is 2.80. The molecule has 27 heavy (non-hydrogen) atoms. The van der Waals surface area contributed by atoms with Gasteiger partial charge in [0.05, 0.1) is 9.82 Å². The molecule has 1 heterocycles. The van der Waals surface area contributed by atoms with Crippen LogP contribution in [0.1, 0.15) is 11.1 Å². The van der Waals surface area contributed by atoms with Gasteiger partial charge in [-0.1, -0.05) is 29.8 Å². The highest BCUT2D eigenvalue weighted by atomic mass is 32.2. The molecule has 0 aromatic heterocycles. The first-order valence-corrected chi connectivity index (χ1v) is 10.6. The molecule has 0 atom stereocenters. The number of nitro benzene ring substituents is 1. The Morgan fingerprint density at radius 3 is 2.37 bits per heavy atom. The third kappa shape index (κ3) is 4.64. The molecule has 2 aromatic carbocycles. The quantitative estimate of drug-likeness (QED) is 0.577. The maximum Gasteiger partial charge on any atom is 0.293 e. The minimum atomic E-state index is -3.48. The summed E-state index contributed by atoms with van der Waals surface area (Å²) in [6.07, 6.45) is 1.05. The van der Waals surface area contributed by atoms with E-state index in [2.05, 4.69) is 30.0 Å². The van der Waals surface area contributed by atoms with E-state index >= 15 is 0 Å². The van der Waals surface area contributed by atoms with Gasteiger partial charge in [-0.2, -0.15) is 0 Å². The molecular weight excluding hydrogens is 366 g/mol. The smallest absolute Gasteiger partial charge is 0.293 e. The predicted octanol–water partition coefficient (Wildman–Crippen LogP) is 2.63. The molecule has 1 fully saturated rings. The van der Waals surface area contributed by atoms with Crippen LogP contribution >= 0.6 is 0 Å². The van der Waals surface area contributed by atoms with Crippen LogP contribution in [0.3, 0.4) is 0 Å². The Kier molecular flexibility index (Phi) is 5.48. The summed E-state index contributed by atoms with van der Waals surface area (Å²) in [6, 6.07) is 12.5. The number of benzene rings is 2. The Bertz CT molecular complexity index is 951. The third-order valence-electron chi connectivity index (χ3n) is 4.77. The van der Waals surface area contributed by atoms with Crippen molar-refractivity contribution in [2.45, 2.75) is 18.4 Å². The predicted molar refractivity (Wildman–Crippen MR) is 105 cm³/mol. The standard InChI is InChI=1S/C19H23N3O4S/c1-15-4-3-5-16(12-15)14-20-8-10-21(11-9-20)18-7-6-17(27(2,25)26)13-19(18)22(23)24/h3-7,12-13H,8-11,14H2,1-2H3. The second kappa shape index (κ2) is 7.66. The van der Waals surface area contributed by atoms with Crippen LogP contribution in [0, 0.1) is 17.0 Å². The van der Waals surface area contributed by atoms with Crippen molar-refractivity contribution in [3.8, 4) is 0 Å². The van der Waals surface area contributed by atoms with E-state index in [1.807, 2.05) is 11.0 Å². The van der Waals surface area contributed by atoms with E-state index in [0.29, 0.717) is 18.8 Å². The highest BCUT2D eigenvalue weighted by Crippen LogP contribution is 2.31. The third-order valence-corrected chi connectivity index (χ3v) is 5.88. The average Bonchev–Trinajstić information content (AvgIpc) is 2.61. The largest absolute Gasteiger partial charge is 0.363 e. The molecule has 3 rings (SSSR count). The van der Waals surface area contributed by atoms with E-state index in [1.165, 1.54) is 17.2 Å². The van der Waals surface area contributed by atoms with E-state index in [4.69, 9.17) is 0 Å². The minimum absolute atomic E-state index is 0.0315. The molecule has 0 amide bonds. The maximum absolute atomic E-state index is 11.7. The summed E-state index contributed by atoms with van der Waals surface area (Å²) < 4.78 is 23.4. The molecule has 7 nitrogen and oxygen atoms in total. The first-order chi connectivity index (χ1) is 12.7. The van der Waals surface area contributed by atoms with Crippen LogP contribution < -0.4 is 4.90 Å². The van der Waals surface area contributed by atoms with Crippen molar-refractivity contribution in [1.82, 2.24) is 4.90 Å². The van der Waals surface area contributed by atoms with Gasteiger partial charge in [-0.05, 0) is 24.6 Å². The number of aryl methyl sites for hydroxylation is 1. The van der Waals surface area contributed by atoms with Crippen molar-refractivity contribution in [3.05, 3.63) is 63.7 Å². The van der Waals surface area contributed by atoms with Gasteiger partial charge in [-0.15, -0.1) is 0 Å². The minimum Gasteiger partial charge on any atom is -0.363 e. The SMILES string of the molecule is Cc1cccc(CN2CCN(c3ccc(S(C)(=O)=O)cc3[N+](=O)[O-])CC2)c1. The van der Waals surface area contributed by atoms with Gasteiger partial charge in [0.25, 0.3) is 5.69 Å². The van der Waals surface area contributed by atoms with Crippen LogP contribution in [-0.2, 0) is 16.4 Å². The van der Waals surface area contributed by atoms with E-state index < -0.39 is 14.8 Å². The van der Waals surface area contributed by atoms with Gasteiger partial charge >= 0.3 is 0 Å². The number of piperazine rings is 1. The van der Waals surface area contributed by atoms with Crippen LogP contribution in [0.25, 0.3) is 0 Å². The molecular formula is C19H23N3O4S. The van der Waals surface area contributed by atoms with Crippen LogP contribution in [-0.4, -0.2) is 50.7 Å². The van der Waals surface area contributed by atoms with Crippen molar-refractivity contribution >= 4 is 21.2 Å². The summed E-state index contributed by atoms with van der Waals surface area (Å²) in [4.78, 5) is 15.2. The number of nitro groups is 1. The molecule has 0 aliphatic carbocycles. The Balaban J connectivity index is 1.73. The molecule has 1 aliphatic rings. The lowest BCUT2D eigenvalue weighted by Gasteiger charge is -2.35. The molecule has 0 spiro atoms. The Hall–Kier alpha value is -2.45. The van der Waals surface area contributed by atoms with E-state index in [1.54, 1.807) is 6.07 Å². The number of anilines is 1. The zero-order valence-corrected chi connectivity index (χ0v) is 16.3. The fourth-order valence-corrected chi connectivity index (χ4v) is 4.00. The molecule has 144 valence electrons. The van der Waals surface area contributed by atoms with Gasteiger partial charge in [0.15, 0.2) is 9.84 Å². The second-order valence-corrected chi connectivity index (χ2v) is 8.95. The van der Waals surface area contributed by atoms with Gasteiger partial charge in [0.1, 0.15) is 5.69 Å². The topological polar surface area (TPSA) is 83.8 Å². The van der Waals surface area contributed by atoms with Gasteiger partial charge in [-0.3, -0.25) is 15.0 Å². The van der Waals surface area contributed by atoms with E-state index in [0.717, 1.165) is 32.0 Å². The number of hydrogen-bond donors (Lipinski definition) is 0. The van der Waals surface area contributed by atoms with Crippen molar-refractivity contribution in [1.29, 1.82) is 0 Å². The van der Waals surface area contributed by atoms with Crippen molar-refractivity contribution in [3.63, 3.8) is 0 Å². The lowest BCUT2D eigenvalue weighted by Crippen LogP contribution is -2.46. The zero-order valence-electron chi connectivity index (χ0n) is 15.5. The van der Waals surface area contributed by atoms with E-state index in [-0.39, 0.29) is 10.6 Å². The number of rotatable bonds is 5. The first kappa shape index (κ1) is 19.3. The summed E-state index contributed by atoms with van der Waals surface area (Å²) in [5.74, 6) is 0. The summed E-state index contributed by atoms with van der Waals surface area (Å²) in [7, 11) is -3.48. The highest BCUT2D eigenvalue weighted by Gasteiger charge is 2.25. The van der Waals surface area contributed by atoms with Gasteiger partial charge in [-0.25, -0.2) is 8.42 Å². The van der Waals surface area contributed by atoms with Crippen molar-refractivity contribution in [2.75, 3.05) is 37.3 Å². The second-order valence-electron chi connectivity index (χ2n) is 6.93. The summed E-state index contributed by atoms with van der Waals surface area (Å²) in [5, 5.41) is 11.5. The molecule has 0 radical (unpaired) electrons. The highest BCUT2D eigenvalue weighted by molar-refractivity contribution is 7.90. The molecule has 1 aliphatic heterocycles. The molecule has 1 saturated heterocycles. The molecule has 0 unspecified atom stereocenters. The fraction of sp³-hybridized carbons (Fsp3) is 0.368. The van der Waals surface area contributed by atoms with Crippen LogP contribution in [0.15, 0.2) is 47.4 Å². The maximum atomic E-state index is 11.7. The number of sulfone groups is 1. The first-order valence-electron chi connectivity index (χ1n) is 8.75. The normalized spacial score (nSPS) is 15.7. The average molecular weight is 389 g/mol. The Morgan fingerprint density at radius 1 is 1.07 bits per heavy atom. The fourth-order valence-electron chi connectivity index (χ4n) is 3.36. The lowest BCUT2D eigenvalue weighted by molar-refractivity contribution is -0.384. The van der Waals surface area contributed by atoms with Crippen molar-refractivity contribution < 1.29 is 13.3 Å². The van der Waals surface area contributed by atoms with Gasteiger partial charge in [0.2, 0.25) is 0 Å². The van der Waals surface area contributed by atoms with Gasteiger partial charge < -0.3 is 4.90 Å². The zero-order chi connectivity index (χ0) is 19.6. The Morgan fingerprint density at radius 2 is 1.78 bits per heavy atom.